The summed E-state index contributed by atoms with van der Waals surface area (Å²) in [7, 11) is 0. The molecule has 3 heteroatoms. The van der Waals surface area contributed by atoms with E-state index in [4.69, 9.17) is 9.40 Å². The Kier molecular flexibility index (Phi) is 6.80. The lowest BCUT2D eigenvalue weighted by Gasteiger charge is -2.26. The Morgan fingerprint density at radius 3 is 1.44 bits per heavy atom. The highest BCUT2D eigenvalue weighted by atomic mass is 16.3. The molecule has 8 aromatic carbocycles. The van der Waals surface area contributed by atoms with Gasteiger partial charge in [-0.05, 0) is 99.1 Å². The highest BCUT2D eigenvalue weighted by Gasteiger charge is 2.17. The Hall–Kier alpha value is -6.45. The Labute approximate surface area is 279 Å². The molecule has 9 aromatic rings. The summed E-state index contributed by atoms with van der Waals surface area (Å²) in [4.78, 5) is 7.16. The Balaban J connectivity index is 1.18. The van der Waals surface area contributed by atoms with Crippen molar-refractivity contribution in [3.63, 3.8) is 0 Å². The minimum Gasteiger partial charge on any atom is -0.435 e. The van der Waals surface area contributed by atoms with Crippen LogP contribution in [-0.4, -0.2) is 4.98 Å². The molecule has 0 aliphatic rings. The van der Waals surface area contributed by atoms with E-state index in [-0.39, 0.29) is 0 Å². The highest BCUT2D eigenvalue weighted by molar-refractivity contribution is 6.16. The van der Waals surface area contributed by atoms with Crippen LogP contribution >= 0.6 is 0 Å². The van der Waals surface area contributed by atoms with Gasteiger partial charge in [0.1, 0.15) is 5.52 Å². The minimum absolute atomic E-state index is 0.635. The minimum atomic E-state index is 0.635. The zero-order valence-electron chi connectivity index (χ0n) is 26.1. The first-order valence-corrected chi connectivity index (χ1v) is 16.2. The number of nitrogens with zero attached hydrogens (tertiary/aromatic N) is 2. The van der Waals surface area contributed by atoms with Crippen molar-refractivity contribution >= 4 is 49.7 Å². The lowest BCUT2D eigenvalue weighted by Crippen LogP contribution is -2.09. The molecule has 0 amide bonds. The first-order chi connectivity index (χ1) is 23.8. The van der Waals surface area contributed by atoms with Crippen LogP contribution in [0.4, 0.5) is 17.1 Å². The van der Waals surface area contributed by atoms with Crippen molar-refractivity contribution in [3.8, 4) is 33.7 Å². The molecule has 1 heterocycles. The summed E-state index contributed by atoms with van der Waals surface area (Å²) in [5.74, 6) is 0.635. The molecule has 0 N–H and O–H groups in total. The molecule has 0 spiro atoms. The van der Waals surface area contributed by atoms with Gasteiger partial charge in [-0.1, -0.05) is 121 Å². The molecule has 0 atom stereocenters. The molecule has 0 aliphatic heterocycles. The zero-order chi connectivity index (χ0) is 31.9. The van der Waals surface area contributed by atoms with Gasteiger partial charge in [0.05, 0.1) is 0 Å². The van der Waals surface area contributed by atoms with Crippen LogP contribution in [0, 0.1) is 0 Å². The molecule has 0 saturated heterocycles. The molecule has 0 fully saturated rings. The quantitative estimate of drug-likeness (QED) is 0.175. The van der Waals surface area contributed by atoms with Crippen LogP contribution in [0.2, 0.25) is 0 Å². The van der Waals surface area contributed by atoms with Crippen molar-refractivity contribution in [1.82, 2.24) is 4.98 Å². The third-order valence-electron chi connectivity index (χ3n) is 9.10. The second-order valence-corrected chi connectivity index (χ2v) is 12.0. The van der Waals surface area contributed by atoms with Crippen LogP contribution < -0.4 is 4.90 Å². The van der Waals surface area contributed by atoms with Gasteiger partial charge in [-0.25, -0.2) is 4.98 Å². The standard InChI is InChI=1S/C45H30N2O/c1-4-10-31(11-5-1)33-16-22-37(23-17-33)47(38-24-18-34(19-25-38)32-12-6-2-7-13-32)39-26-20-35-21-27-41-40(42(35)30-39)28-29-43-44(41)48-45(46-43)36-14-8-3-9-15-36/h1-30H. The number of hydrogen-bond donors (Lipinski definition) is 0. The lowest BCUT2D eigenvalue weighted by molar-refractivity contribution is 0.623. The van der Waals surface area contributed by atoms with Gasteiger partial charge in [-0.3, -0.25) is 0 Å². The van der Waals surface area contributed by atoms with Crippen molar-refractivity contribution in [3.05, 3.63) is 182 Å². The molecular formula is C45H30N2O. The van der Waals surface area contributed by atoms with E-state index in [9.17, 15) is 0 Å². The largest absolute Gasteiger partial charge is 0.435 e. The van der Waals surface area contributed by atoms with Crippen molar-refractivity contribution in [1.29, 1.82) is 0 Å². The van der Waals surface area contributed by atoms with Gasteiger partial charge >= 0.3 is 0 Å². The molecule has 0 saturated carbocycles. The van der Waals surface area contributed by atoms with E-state index in [1.165, 1.54) is 27.6 Å². The van der Waals surface area contributed by atoms with Crippen LogP contribution in [0.1, 0.15) is 0 Å². The van der Waals surface area contributed by atoms with Crippen LogP contribution in [0.25, 0.3) is 66.4 Å². The summed E-state index contributed by atoms with van der Waals surface area (Å²) >= 11 is 0. The topological polar surface area (TPSA) is 29.3 Å². The number of anilines is 3. The molecule has 3 nitrogen and oxygen atoms in total. The first-order valence-electron chi connectivity index (χ1n) is 16.2. The SMILES string of the molecule is c1ccc(-c2ccc(N(c3ccc(-c4ccccc4)cc3)c3ccc4ccc5c(ccc6nc(-c7ccccc7)oc65)c4c3)cc2)cc1. The van der Waals surface area contributed by atoms with E-state index >= 15 is 0 Å². The fourth-order valence-corrected chi connectivity index (χ4v) is 6.67. The van der Waals surface area contributed by atoms with Crippen molar-refractivity contribution < 1.29 is 4.42 Å². The van der Waals surface area contributed by atoms with Gasteiger partial charge in [0.2, 0.25) is 5.89 Å². The smallest absolute Gasteiger partial charge is 0.227 e. The number of hydrogen-bond acceptors (Lipinski definition) is 3. The van der Waals surface area contributed by atoms with E-state index in [0.29, 0.717) is 5.89 Å². The third-order valence-corrected chi connectivity index (χ3v) is 9.10. The maximum Gasteiger partial charge on any atom is 0.227 e. The fourth-order valence-electron chi connectivity index (χ4n) is 6.67. The van der Waals surface area contributed by atoms with E-state index in [1.807, 2.05) is 30.3 Å². The number of oxazole rings is 1. The Bertz CT molecular complexity index is 2440. The van der Waals surface area contributed by atoms with Crippen LogP contribution in [0.5, 0.6) is 0 Å². The van der Waals surface area contributed by atoms with Crippen LogP contribution in [0.3, 0.4) is 0 Å². The van der Waals surface area contributed by atoms with Gasteiger partial charge in [-0.15, -0.1) is 0 Å². The highest BCUT2D eigenvalue weighted by Crippen LogP contribution is 2.40. The number of benzene rings is 8. The number of rotatable bonds is 6. The Morgan fingerprint density at radius 1 is 0.375 bits per heavy atom. The summed E-state index contributed by atoms with van der Waals surface area (Å²) < 4.78 is 6.41. The number of aromatic nitrogens is 1. The van der Waals surface area contributed by atoms with Gasteiger partial charge < -0.3 is 9.32 Å². The molecular weight excluding hydrogens is 585 g/mol. The molecule has 48 heavy (non-hydrogen) atoms. The first kappa shape index (κ1) is 27.8. The second-order valence-electron chi connectivity index (χ2n) is 12.0. The van der Waals surface area contributed by atoms with Crippen molar-refractivity contribution in [2.45, 2.75) is 0 Å². The van der Waals surface area contributed by atoms with Crippen LogP contribution in [0.15, 0.2) is 186 Å². The predicted molar refractivity (Wildman–Crippen MR) is 200 cm³/mol. The molecule has 0 radical (unpaired) electrons. The Morgan fingerprint density at radius 2 is 0.854 bits per heavy atom. The van der Waals surface area contributed by atoms with E-state index in [2.05, 4.69) is 157 Å². The van der Waals surface area contributed by atoms with Gasteiger partial charge in [0.25, 0.3) is 0 Å². The number of fused-ring (bicyclic) bond motifs is 5. The van der Waals surface area contributed by atoms with Crippen molar-refractivity contribution in [2.75, 3.05) is 4.90 Å². The lowest BCUT2D eigenvalue weighted by atomic mass is 9.99. The maximum atomic E-state index is 6.41. The van der Waals surface area contributed by atoms with Crippen molar-refractivity contribution in [2.24, 2.45) is 0 Å². The van der Waals surface area contributed by atoms with E-state index < -0.39 is 0 Å². The second kappa shape index (κ2) is 11.7. The predicted octanol–water partition coefficient (Wildman–Crippen LogP) is 12.6. The monoisotopic (exact) mass is 614 g/mol. The summed E-state index contributed by atoms with van der Waals surface area (Å²) in [5.41, 5.74) is 10.7. The fraction of sp³-hybridized carbons (Fsp3) is 0. The van der Waals surface area contributed by atoms with Gasteiger partial charge in [-0.2, -0.15) is 0 Å². The molecule has 0 bridgehead atoms. The molecule has 1 aromatic heterocycles. The molecule has 0 unspecified atom stereocenters. The van der Waals surface area contributed by atoms with Gasteiger partial charge in [0.15, 0.2) is 5.58 Å². The van der Waals surface area contributed by atoms with Crippen LogP contribution in [-0.2, 0) is 0 Å². The zero-order valence-corrected chi connectivity index (χ0v) is 26.1. The molecule has 0 aliphatic carbocycles. The summed E-state index contributed by atoms with van der Waals surface area (Å²) in [5, 5.41) is 4.53. The third kappa shape index (κ3) is 4.99. The summed E-state index contributed by atoms with van der Waals surface area (Å²) in [6.45, 7) is 0. The van der Waals surface area contributed by atoms with E-state index in [0.717, 1.165) is 49.9 Å². The molecule has 226 valence electrons. The summed E-state index contributed by atoms with van der Waals surface area (Å²) in [6.07, 6.45) is 0. The summed E-state index contributed by atoms with van der Waals surface area (Å²) in [6, 6.07) is 64.1. The average Bonchev–Trinajstić information content (AvgIpc) is 3.62. The normalized spacial score (nSPS) is 11.3. The van der Waals surface area contributed by atoms with Gasteiger partial charge in [0, 0.05) is 28.0 Å². The maximum absolute atomic E-state index is 6.41. The van der Waals surface area contributed by atoms with E-state index in [1.54, 1.807) is 0 Å². The molecule has 9 rings (SSSR count). The average molecular weight is 615 g/mol.